The van der Waals surface area contributed by atoms with Crippen LogP contribution >= 0.6 is 0 Å². The molecule has 1 atom stereocenters. The molecule has 0 spiro atoms. The second kappa shape index (κ2) is 5.84. The van der Waals surface area contributed by atoms with Gasteiger partial charge in [0.1, 0.15) is 0 Å². The molecule has 1 unspecified atom stereocenters. The Hall–Kier alpha value is -1.33. The summed E-state index contributed by atoms with van der Waals surface area (Å²) >= 11 is 0. The molecular weight excluding hydrogens is 208 g/mol. The summed E-state index contributed by atoms with van der Waals surface area (Å²) in [4.78, 5) is 2.27. The van der Waals surface area contributed by atoms with Crippen LogP contribution in [-0.4, -0.2) is 24.0 Å². The summed E-state index contributed by atoms with van der Waals surface area (Å²) in [6.45, 7) is 7.39. The molecule has 2 nitrogen and oxygen atoms in total. The van der Waals surface area contributed by atoms with E-state index in [0.717, 1.165) is 18.5 Å². The number of rotatable bonds is 5. The Morgan fingerprint density at radius 1 is 1.29 bits per heavy atom. The second-order valence-electron chi connectivity index (χ2n) is 5.14. The maximum atomic E-state index is 9.29. The highest BCUT2D eigenvalue weighted by Crippen LogP contribution is 2.22. The molecule has 0 amide bonds. The molecule has 0 bridgehead atoms. The average Bonchev–Trinajstić information content (AvgIpc) is 2.36. The lowest BCUT2D eigenvalue weighted by molar-refractivity contribution is 0.148. The summed E-state index contributed by atoms with van der Waals surface area (Å²) in [6.07, 6.45) is 1.08. The normalized spacial score (nSPS) is 13.4. The predicted octanol–water partition coefficient (Wildman–Crippen LogP) is 3.41. The van der Waals surface area contributed by atoms with Crippen LogP contribution in [0.3, 0.4) is 0 Å². The van der Waals surface area contributed by atoms with Crippen LogP contribution in [0.4, 0.5) is 0 Å². The third-order valence-electron chi connectivity index (χ3n) is 3.71. The van der Waals surface area contributed by atoms with E-state index in [0.29, 0.717) is 0 Å². The van der Waals surface area contributed by atoms with Gasteiger partial charge in [-0.1, -0.05) is 37.3 Å². The minimum Gasteiger partial charge on any atom is -0.300 e. The monoisotopic (exact) mass is 230 g/mol. The smallest absolute Gasteiger partial charge is 0.0839 e. The summed E-state index contributed by atoms with van der Waals surface area (Å²) in [7, 11) is 2.09. The van der Waals surface area contributed by atoms with Gasteiger partial charge in [0.25, 0.3) is 0 Å². The lowest BCUT2D eigenvalue weighted by Gasteiger charge is -2.36. The topological polar surface area (TPSA) is 27.0 Å². The highest BCUT2D eigenvalue weighted by Gasteiger charge is 2.24. The number of nitriles is 1. The fourth-order valence-electron chi connectivity index (χ4n) is 1.70. The Morgan fingerprint density at radius 2 is 1.88 bits per heavy atom. The van der Waals surface area contributed by atoms with E-state index in [2.05, 4.69) is 38.8 Å². The second-order valence-corrected chi connectivity index (χ2v) is 5.14. The SMILES string of the molecule is CCC(C)(C)N(C)CC(C#N)c1ccccc1. The number of hydrogen-bond acceptors (Lipinski definition) is 2. The lowest BCUT2D eigenvalue weighted by Crippen LogP contribution is -2.42. The number of nitrogens with zero attached hydrogens (tertiary/aromatic N) is 2. The number of likely N-dealkylation sites (N-methyl/N-ethyl adjacent to an activating group) is 1. The molecule has 0 aliphatic rings. The van der Waals surface area contributed by atoms with Crippen molar-refractivity contribution < 1.29 is 0 Å². The summed E-state index contributed by atoms with van der Waals surface area (Å²) in [5.74, 6) is -0.0491. The van der Waals surface area contributed by atoms with Crippen molar-refractivity contribution in [3.8, 4) is 6.07 Å². The first-order valence-electron chi connectivity index (χ1n) is 6.17. The quantitative estimate of drug-likeness (QED) is 0.775. The molecule has 0 aromatic heterocycles. The molecular formula is C15H22N2. The van der Waals surface area contributed by atoms with Crippen LogP contribution in [0.25, 0.3) is 0 Å². The Labute approximate surface area is 105 Å². The molecule has 0 aliphatic carbocycles. The minimum atomic E-state index is -0.0491. The van der Waals surface area contributed by atoms with Gasteiger partial charge >= 0.3 is 0 Å². The molecule has 1 aromatic carbocycles. The van der Waals surface area contributed by atoms with Gasteiger partial charge < -0.3 is 0 Å². The summed E-state index contributed by atoms with van der Waals surface area (Å²) in [5.41, 5.74) is 1.25. The van der Waals surface area contributed by atoms with Gasteiger partial charge in [-0.05, 0) is 32.9 Å². The van der Waals surface area contributed by atoms with Crippen molar-refractivity contribution >= 4 is 0 Å². The van der Waals surface area contributed by atoms with Crippen molar-refractivity contribution in [1.29, 1.82) is 5.26 Å². The summed E-state index contributed by atoms with van der Waals surface area (Å²) in [6, 6.07) is 12.4. The Balaban J connectivity index is 2.76. The van der Waals surface area contributed by atoms with Crippen molar-refractivity contribution in [3.05, 3.63) is 35.9 Å². The van der Waals surface area contributed by atoms with Gasteiger partial charge in [-0.2, -0.15) is 5.26 Å². The van der Waals surface area contributed by atoms with Crippen LogP contribution in [0.5, 0.6) is 0 Å². The Kier molecular flexibility index (Phi) is 4.72. The minimum absolute atomic E-state index is 0.0491. The molecule has 0 aliphatic heterocycles. The fourth-order valence-corrected chi connectivity index (χ4v) is 1.70. The van der Waals surface area contributed by atoms with Crippen LogP contribution < -0.4 is 0 Å². The molecule has 0 radical (unpaired) electrons. The predicted molar refractivity (Wildman–Crippen MR) is 71.8 cm³/mol. The lowest BCUT2D eigenvalue weighted by atomic mass is 9.95. The first-order chi connectivity index (χ1) is 8.01. The van der Waals surface area contributed by atoms with Crippen LogP contribution in [-0.2, 0) is 0 Å². The zero-order valence-corrected chi connectivity index (χ0v) is 11.3. The van der Waals surface area contributed by atoms with E-state index < -0.39 is 0 Å². The van der Waals surface area contributed by atoms with Crippen molar-refractivity contribution in [3.63, 3.8) is 0 Å². The first-order valence-corrected chi connectivity index (χ1v) is 6.17. The zero-order valence-electron chi connectivity index (χ0n) is 11.3. The molecule has 92 valence electrons. The van der Waals surface area contributed by atoms with Crippen molar-refractivity contribution in [2.24, 2.45) is 0 Å². The average molecular weight is 230 g/mol. The van der Waals surface area contributed by atoms with Gasteiger partial charge in [-0.3, -0.25) is 4.90 Å². The first kappa shape index (κ1) is 13.7. The van der Waals surface area contributed by atoms with Crippen molar-refractivity contribution in [2.75, 3.05) is 13.6 Å². The highest BCUT2D eigenvalue weighted by molar-refractivity contribution is 5.25. The van der Waals surface area contributed by atoms with Gasteiger partial charge in [0.2, 0.25) is 0 Å². The van der Waals surface area contributed by atoms with E-state index in [4.69, 9.17) is 0 Å². The van der Waals surface area contributed by atoms with E-state index in [1.807, 2.05) is 30.3 Å². The zero-order chi connectivity index (χ0) is 12.9. The highest BCUT2D eigenvalue weighted by atomic mass is 15.2. The molecule has 0 saturated heterocycles. The van der Waals surface area contributed by atoms with Gasteiger partial charge in [0, 0.05) is 12.1 Å². The molecule has 2 heteroatoms. The third kappa shape index (κ3) is 3.57. The number of hydrogen-bond donors (Lipinski definition) is 0. The van der Waals surface area contributed by atoms with Crippen LogP contribution in [0.1, 0.15) is 38.7 Å². The molecule has 1 aromatic rings. The summed E-state index contributed by atoms with van der Waals surface area (Å²) in [5, 5.41) is 9.29. The van der Waals surface area contributed by atoms with E-state index in [1.165, 1.54) is 0 Å². The molecule has 1 rings (SSSR count). The standard InChI is InChI=1S/C15H22N2/c1-5-15(2,3)17(4)12-14(11-16)13-9-7-6-8-10-13/h6-10,14H,5,12H2,1-4H3. The fraction of sp³-hybridized carbons (Fsp3) is 0.533. The van der Waals surface area contributed by atoms with Gasteiger partial charge in [0.05, 0.1) is 12.0 Å². The maximum Gasteiger partial charge on any atom is 0.0839 e. The summed E-state index contributed by atoms with van der Waals surface area (Å²) < 4.78 is 0. The van der Waals surface area contributed by atoms with Crippen molar-refractivity contribution in [2.45, 2.75) is 38.6 Å². The Morgan fingerprint density at radius 3 is 2.35 bits per heavy atom. The van der Waals surface area contributed by atoms with E-state index in [-0.39, 0.29) is 11.5 Å². The van der Waals surface area contributed by atoms with Crippen LogP contribution in [0.15, 0.2) is 30.3 Å². The molecule has 0 saturated carbocycles. The van der Waals surface area contributed by atoms with Crippen LogP contribution in [0, 0.1) is 11.3 Å². The molecule has 17 heavy (non-hydrogen) atoms. The largest absolute Gasteiger partial charge is 0.300 e. The van der Waals surface area contributed by atoms with E-state index >= 15 is 0 Å². The maximum absolute atomic E-state index is 9.29. The van der Waals surface area contributed by atoms with Crippen molar-refractivity contribution in [1.82, 2.24) is 4.90 Å². The van der Waals surface area contributed by atoms with E-state index in [9.17, 15) is 5.26 Å². The van der Waals surface area contributed by atoms with Crippen LogP contribution in [0.2, 0.25) is 0 Å². The van der Waals surface area contributed by atoms with Gasteiger partial charge in [-0.25, -0.2) is 0 Å². The van der Waals surface area contributed by atoms with Gasteiger partial charge in [-0.15, -0.1) is 0 Å². The van der Waals surface area contributed by atoms with E-state index in [1.54, 1.807) is 0 Å². The Bertz CT molecular complexity index is 376. The van der Waals surface area contributed by atoms with Gasteiger partial charge in [0.15, 0.2) is 0 Å². The third-order valence-corrected chi connectivity index (χ3v) is 3.71. The molecule has 0 N–H and O–H groups in total. The molecule has 0 fully saturated rings. The molecule has 0 heterocycles. The number of benzene rings is 1.